The van der Waals surface area contributed by atoms with Crippen molar-refractivity contribution in [1.29, 1.82) is 0 Å². The van der Waals surface area contributed by atoms with Crippen molar-refractivity contribution in [2.24, 2.45) is 47.2 Å². The van der Waals surface area contributed by atoms with Crippen molar-refractivity contribution in [1.82, 2.24) is 0 Å². The van der Waals surface area contributed by atoms with Crippen molar-refractivity contribution in [3.8, 4) is 0 Å². The molecule has 1 unspecified atom stereocenters. The smallest absolute Gasteiger partial charge is 0.0101 e. The molecule has 5 aliphatic rings. The minimum absolute atomic E-state index is 0.544. The van der Waals surface area contributed by atoms with Gasteiger partial charge in [-0.3, -0.25) is 0 Å². The van der Waals surface area contributed by atoms with Gasteiger partial charge in [0.25, 0.3) is 0 Å². The fourth-order valence-electron chi connectivity index (χ4n) is 6.58. The van der Waals surface area contributed by atoms with Crippen LogP contribution in [0, 0.1) is 41.4 Å². The fourth-order valence-corrected chi connectivity index (χ4v) is 6.58. The molecule has 1 nitrogen and oxygen atoms in total. The monoisotopic (exact) mass is 261 g/mol. The van der Waals surface area contributed by atoms with Gasteiger partial charge in [-0.1, -0.05) is 19.8 Å². The van der Waals surface area contributed by atoms with Gasteiger partial charge < -0.3 is 5.73 Å². The Morgan fingerprint density at radius 1 is 0.789 bits per heavy atom. The summed E-state index contributed by atoms with van der Waals surface area (Å²) in [6.07, 6.45) is 13.4. The molecule has 5 saturated carbocycles. The zero-order valence-corrected chi connectivity index (χ0v) is 12.6. The minimum atomic E-state index is 0.544. The van der Waals surface area contributed by atoms with E-state index in [1.165, 1.54) is 51.4 Å². The third-order valence-corrected chi connectivity index (χ3v) is 7.35. The van der Waals surface area contributed by atoms with Crippen LogP contribution in [-0.2, 0) is 0 Å². The highest BCUT2D eigenvalue weighted by atomic mass is 14.7. The highest BCUT2D eigenvalue weighted by Gasteiger charge is 2.50. The molecule has 2 N–H and O–H groups in total. The zero-order chi connectivity index (χ0) is 13.0. The van der Waals surface area contributed by atoms with Gasteiger partial charge in [-0.25, -0.2) is 0 Å². The van der Waals surface area contributed by atoms with Crippen LogP contribution < -0.4 is 5.73 Å². The van der Waals surface area contributed by atoms with Crippen molar-refractivity contribution in [2.75, 3.05) is 0 Å². The number of nitrogens with two attached hydrogens (primary N) is 1. The van der Waals surface area contributed by atoms with E-state index < -0.39 is 0 Å². The molecule has 1 heteroatoms. The maximum Gasteiger partial charge on any atom is 0.0101 e. The Balaban J connectivity index is 1.46. The fraction of sp³-hybridized carbons (Fsp3) is 1.00. The highest BCUT2D eigenvalue weighted by Crippen LogP contribution is 2.58. The first-order valence-electron chi connectivity index (χ1n) is 8.96. The normalized spacial score (nSPS) is 54.3. The second-order valence-electron chi connectivity index (χ2n) is 8.61. The molecule has 5 aliphatic carbocycles. The summed E-state index contributed by atoms with van der Waals surface area (Å²) in [4.78, 5) is 0. The Morgan fingerprint density at radius 2 is 1.32 bits per heavy atom. The summed E-state index contributed by atoms with van der Waals surface area (Å²) in [6.45, 7) is 2.42. The maximum atomic E-state index is 6.82. The summed E-state index contributed by atoms with van der Waals surface area (Å²) in [5.41, 5.74) is 6.82. The SMILES string of the molecule is CC1CCC(C(N)C2C3CC4CC(C3)CC2C4)CC1. The molecule has 4 bridgehead atoms. The first-order valence-corrected chi connectivity index (χ1v) is 8.96. The molecule has 108 valence electrons. The van der Waals surface area contributed by atoms with E-state index in [1.807, 2.05) is 0 Å². The largest absolute Gasteiger partial charge is 0.327 e. The highest BCUT2D eigenvalue weighted by molar-refractivity contribution is 5.02. The van der Waals surface area contributed by atoms with Gasteiger partial charge in [-0.15, -0.1) is 0 Å². The van der Waals surface area contributed by atoms with Crippen molar-refractivity contribution < 1.29 is 0 Å². The molecule has 19 heavy (non-hydrogen) atoms. The van der Waals surface area contributed by atoms with Gasteiger partial charge in [0.15, 0.2) is 0 Å². The molecule has 0 aromatic heterocycles. The Labute approximate surface area is 118 Å². The molecular weight excluding hydrogens is 230 g/mol. The standard InChI is InChI=1S/C18H31N/c1-11-2-4-14(5-3-11)18(19)17-15-7-12-6-13(9-15)10-16(17)8-12/h11-18H,2-10,19H2,1H3. The summed E-state index contributed by atoms with van der Waals surface area (Å²) in [5, 5.41) is 0. The molecule has 0 aromatic carbocycles. The topological polar surface area (TPSA) is 26.0 Å². The van der Waals surface area contributed by atoms with E-state index in [4.69, 9.17) is 5.73 Å². The average molecular weight is 261 g/mol. The molecule has 0 spiro atoms. The molecule has 5 rings (SSSR count). The second-order valence-corrected chi connectivity index (χ2v) is 8.61. The molecule has 0 aliphatic heterocycles. The van der Waals surface area contributed by atoms with E-state index in [1.54, 1.807) is 6.42 Å². The lowest BCUT2D eigenvalue weighted by Gasteiger charge is -2.57. The first-order chi connectivity index (χ1) is 9.20. The Kier molecular flexibility index (Phi) is 3.17. The zero-order valence-electron chi connectivity index (χ0n) is 12.6. The van der Waals surface area contributed by atoms with Crippen LogP contribution >= 0.6 is 0 Å². The van der Waals surface area contributed by atoms with Gasteiger partial charge in [-0.05, 0) is 86.4 Å². The van der Waals surface area contributed by atoms with Crippen LogP contribution in [0.5, 0.6) is 0 Å². The molecular formula is C18H31N. The van der Waals surface area contributed by atoms with Crippen LogP contribution in [0.2, 0.25) is 0 Å². The van der Waals surface area contributed by atoms with Crippen LogP contribution in [0.3, 0.4) is 0 Å². The van der Waals surface area contributed by atoms with Crippen LogP contribution in [0.4, 0.5) is 0 Å². The van der Waals surface area contributed by atoms with Crippen LogP contribution in [0.25, 0.3) is 0 Å². The molecule has 1 atom stereocenters. The molecule has 0 radical (unpaired) electrons. The van der Waals surface area contributed by atoms with Gasteiger partial charge >= 0.3 is 0 Å². The number of hydrogen-bond acceptors (Lipinski definition) is 1. The molecule has 0 heterocycles. The van der Waals surface area contributed by atoms with Gasteiger partial charge in [0, 0.05) is 6.04 Å². The lowest BCUT2D eigenvalue weighted by Crippen LogP contribution is -2.54. The Hall–Kier alpha value is -0.0400. The van der Waals surface area contributed by atoms with Gasteiger partial charge in [-0.2, -0.15) is 0 Å². The van der Waals surface area contributed by atoms with Crippen LogP contribution in [0.15, 0.2) is 0 Å². The number of rotatable bonds is 2. The lowest BCUT2D eigenvalue weighted by atomic mass is 9.49. The maximum absolute atomic E-state index is 6.82. The molecule has 0 saturated heterocycles. The van der Waals surface area contributed by atoms with Gasteiger partial charge in [0.05, 0.1) is 0 Å². The van der Waals surface area contributed by atoms with E-state index in [9.17, 15) is 0 Å². The quantitative estimate of drug-likeness (QED) is 0.791. The minimum Gasteiger partial charge on any atom is -0.327 e. The Morgan fingerprint density at radius 3 is 1.84 bits per heavy atom. The predicted octanol–water partition coefficient (Wildman–Crippen LogP) is 4.21. The van der Waals surface area contributed by atoms with E-state index in [2.05, 4.69) is 6.92 Å². The summed E-state index contributed by atoms with van der Waals surface area (Å²) < 4.78 is 0. The second kappa shape index (κ2) is 4.76. The van der Waals surface area contributed by atoms with E-state index >= 15 is 0 Å². The van der Waals surface area contributed by atoms with Crippen molar-refractivity contribution in [3.63, 3.8) is 0 Å². The lowest BCUT2D eigenvalue weighted by molar-refractivity contribution is -0.0571. The summed E-state index contributed by atoms with van der Waals surface area (Å²) in [6, 6.07) is 0.544. The summed E-state index contributed by atoms with van der Waals surface area (Å²) in [7, 11) is 0. The summed E-state index contributed by atoms with van der Waals surface area (Å²) >= 11 is 0. The van der Waals surface area contributed by atoms with E-state index in [0.29, 0.717) is 6.04 Å². The molecule has 0 amide bonds. The number of hydrogen-bond donors (Lipinski definition) is 1. The predicted molar refractivity (Wildman–Crippen MR) is 79.6 cm³/mol. The van der Waals surface area contributed by atoms with Gasteiger partial charge in [0.1, 0.15) is 0 Å². The van der Waals surface area contributed by atoms with Crippen LogP contribution in [0.1, 0.15) is 64.7 Å². The third-order valence-electron chi connectivity index (χ3n) is 7.35. The van der Waals surface area contributed by atoms with E-state index in [-0.39, 0.29) is 0 Å². The summed E-state index contributed by atoms with van der Waals surface area (Å²) in [5.74, 6) is 6.96. The average Bonchev–Trinajstić information content (AvgIpc) is 2.38. The van der Waals surface area contributed by atoms with E-state index in [0.717, 1.165) is 41.4 Å². The van der Waals surface area contributed by atoms with Crippen molar-refractivity contribution >= 4 is 0 Å². The molecule has 5 fully saturated rings. The Bertz CT molecular complexity index is 301. The first kappa shape index (κ1) is 12.7. The van der Waals surface area contributed by atoms with Gasteiger partial charge in [0.2, 0.25) is 0 Å². The molecule has 0 aromatic rings. The van der Waals surface area contributed by atoms with Crippen molar-refractivity contribution in [3.05, 3.63) is 0 Å². The van der Waals surface area contributed by atoms with Crippen molar-refractivity contribution in [2.45, 2.75) is 70.8 Å². The third kappa shape index (κ3) is 2.17. The van der Waals surface area contributed by atoms with Crippen LogP contribution in [-0.4, -0.2) is 6.04 Å².